The van der Waals surface area contributed by atoms with Crippen LogP contribution in [0.15, 0.2) is 39.0 Å². The van der Waals surface area contributed by atoms with Crippen molar-refractivity contribution in [1.29, 1.82) is 0 Å². The first-order valence-electron chi connectivity index (χ1n) is 5.11. The highest BCUT2D eigenvalue weighted by molar-refractivity contribution is 9.10. The molecule has 5 nitrogen and oxygen atoms in total. The average molecular weight is 380 g/mol. The summed E-state index contributed by atoms with van der Waals surface area (Å²) in [5.41, 5.74) is -0.224. The van der Waals surface area contributed by atoms with Gasteiger partial charge in [0.25, 0.3) is 10.0 Å². The quantitative estimate of drug-likeness (QED) is 0.854. The molecule has 0 fully saturated rings. The molecule has 9 heteroatoms. The fraction of sp³-hybridized carbons (Fsp3) is 0. The van der Waals surface area contributed by atoms with Gasteiger partial charge in [-0.1, -0.05) is 6.07 Å². The average Bonchev–Trinajstić information content (AvgIpc) is 2.84. The van der Waals surface area contributed by atoms with Crippen LogP contribution in [0.2, 0.25) is 0 Å². The van der Waals surface area contributed by atoms with Crippen LogP contribution >= 0.6 is 27.3 Å². The maximum Gasteiger partial charge on any atom is 0.345 e. The molecule has 0 spiro atoms. The number of carbonyl (C=O) groups is 1. The summed E-state index contributed by atoms with van der Waals surface area (Å²) < 4.78 is 39.8. The number of sulfonamides is 1. The third-order valence-electron chi connectivity index (χ3n) is 2.26. The lowest BCUT2D eigenvalue weighted by Gasteiger charge is -2.09. The molecule has 0 aliphatic rings. The van der Waals surface area contributed by atoms with E-state index in [-0.39, 0.29) is 19.2 Å². The summed E-state index contributed by atoms with van der Waals surface area (Å²) in [6.07, 6.45) is 0. The maximum absolute atomic E-state index is 13.6. The molecule has 2 rings (SSSR count). The largest absolute Gasteiger partial charge is 0.477 e. The van der Waals surface area contributed by atoms with E-state index in [1.54, 1.807) is 0 Å². The first-order valence-corrected chi connectivity index (χ1v) is 8.20. The van der Waals surface area contributed by atoms with Crippen molar-refractivity contribution in [2.75, 3.05) is 4.72 Å². The van der Waals surface area contributed by atoms with Crippen molar-refractivity contribution in [3.05, 3.63) is 45.5 Å². The van der Waals surface area contributed by atoms with Crippen molar-refractivity contribution in [1.82, 2.24) is 0 Å². The van der Waals surface area contributed by atoms with Gasteiger partial charge in [-0.15, -0.1) is 11.3 Å². The number of carboxylic acids is 1. The Balaban J connectivity index is 2.38. The predicted octanol–water partition coefficient (Wildman–Crippen LogP) is 3.15. The molecule has 0 aliphatic heterocycles. The minimum Gasteiger partial charge on any atom is -0.477 e. The first kappa shape index (κ1) is 14.9. The predicted molar refractivity (Wildman–Crippen MR) is 76.2 cm³/mol. The molecule has 0 saturated heterocycles. The summed E-state index contributed by atoms with van der Waals surface area (Å²) in [6.45, 7) is 0. The van der Waals surface area contributed by atoms with Crippen LogP contribution in [0.1, 0.15) is 9.67 Å². The molecule has 20 heavy (non-hydrogen) atoms. The SMILES string of the molecule is O=C(O)c1ccc(S(=O)(=O)Nc2c(F)cccc2Br)s1. The Bertz CT molecular complexity index is 752. The molecule has 2 aromatic rings. The number of hydrogen-bond donors (Lipinski definition) is 2. The second-order valence-electron chi connectivity index (χ2n) is 3.63. The molecule has 0 radical (unpaired) electrons. The van der Waals surface area contributed by atoms with Crippen molar-refractivity contribution in [2.45, 2.75) is 4.21 Å². The number of halogens is 2. The van der Waals surface area contributed by atoms with Crippen LogP contribution in [-0.2, 0) is 10.0 Å². The number of nitrogens with one attached hydrogen (secondary N) is 1. The number of anilines is 1. The van der Waals surface area contributed by atoms with Gasteiger partial charge in [0, 0.05) is 4.47 Å². The number of aromatic carboxylic acids is 1. The minimum absolute atomic E-state index is 0.113. The zero-order chi connectivity index (χ0) is 14.9. The van der Waals surface area contributed by atoms with E-state index in [4.69, 9.17) is 5.11 Å². The Labute approximate surface area is 126 Å². The molecule has 106 valence electrons. The van der Waals surface area contributed by atoms with E-state index in [2.05, 4.69) is 20.7 Å². The van der Waals surface area contributed by atoms with Gasteiger partial charge >= 0.3 is 5.97 Å². The van der Waals surface area contributed by atoms with Gasteiger partial charge in [-0.25, -0.2) is 17.6 Å². The summed E-state index contributed by atoms with van der Waals surface area (Å²) >= 11 is 3.63. The molecule has 0 unspecified atom stereocenters. The molecule has 0 atom stereocenters. The summed E-state index contributed by atoms with van der Waals surface area (Å²) in [5, 5.41) is 8.77. The zero-order valence-corrected chi connectivity index (χ0v) is 12.9. The normalized spacial score (nSPS) is 11.3. The molecule has 0 bridgehead atoms. The minimum atomic E-state index is -4.04. The van der Waals surface area contributed by atoms with E-state index < -0.39 is 21.8 Å². The first-order chi connectivity index (χ1) is 9.31. The zero-order valence-electron chi connectivity index (χ0n) is 9.63. The van der Waals surface area contributed by atoms with Crippen LogP contribution in [0, 0.1) is 5.82 Å². The van der Waals surface area contributed by atoms with E-state index in [0.29, 0.717) is 11.3 Å². The molecule has 2 N–H and O–H groups in total. The fourth-order valence-corrected chi connectivity index (χ4v) is 4.17. The highest BCUT2D eigenvalue weighted by Gasteiger charge is 2.21. The molecule has 1 aromatic heterocycles. The fourth-order valence-electron chi connectivity index (χ4n) is 1.36. The van der Waals surface area contributed by atoms with Crippen LogP contribution in [-0.4, -0.2) is 19.5 Å². The van der Waals surface area contributed by atoms with E-state index in [1.807, 2.05) is 0 Å². The van der Waals surface area contributed by atoms with Crippen LogP contribution < -0.4 is 4.72 Å². The molecular formula is C11H7BrFNO4S2. The van der Waals surface area contributed by atoms with Gasteiger partial charge in [0.15, 0.2) is 0 Å². The lowest BCUT2D eigenvalue weighted by atomic mass is 10.3. The van der Waals surface area contributed by atoms with E-state index in [9.17, 15) is 17.6 Å². The Morgan fingerprint density at radius 3 is 2.55 bits per heavy atom. The summed E-state index contributed by atoms with van der Waals surface area (Å²) in [4.78, 5) is 10.6. The highest BCUT2D eigenvalue weighted by Crippen LogP contribution is 2.29. The molecule has 0 amide bonds. The molecule has 1 aromatic carbocycles. The summed E-state index contributed by atoms with van der Waals surface area (Å²) in [6, 6.07) is 6.35. The van der Waals surface area contributed by atoms with Crippen molar-refractivity contribution in [3.63, 3.8) is 0 Å². The van der Waals surface area contributed by atoms with Crippen LogP contribution in [0.5, 0.6) is 0 Å². The standard InChI is InChI=1S/C11H7BrFNO4S2/c12-6-2-1-3-7(13)10(6)14-20(17,18)9-5-4-8(19-9)11(15)16/h1-5,14H,(H,15,16). The van der Waals surface area contributed by atoms with Crippen molar-refractivity contribution in [3.8, 4) is 0 Å². The van der Waals surface area contributed by atoms with E-state index >= 15 is 0 Å². The molecule has 0 saturated carbocycles. The lowest BCUT2D eigenvalue weighted by molar-refractivity contribution is 0.0702. The molecular weight excluding hydrogens is 373 g/mol. The third kappa shape index (κ3) is 3.00. The van der Waals surface area contributed by atoms with Crippen molar-refractivity contribution in [2.24, 2.45) is 0 Å². The Morgan fingerprint density at radius 2 is 2.00 bits per heavy atom. The number of para-hydroxylation sites is 1. The maximum atomic E-state index is 13.6. The van der Waals surface area contributed by atoms with Crippen LogP contribution in [0.4, 0.5) is 10.1 Å². The van der Waals surface area contributed by atoms with Gasteiger partial charge in [-0.05, 0) is 40.2 Å². The number of rotatable bonds is 4. The highest BCUT2D eigenvalue weighted by atomic mass is 79.9. The van der Waals surface area contributed by atoms with E-state index in [0.717, 1.165) is 12.1 Å². The number of benzene rings is 1. The third-order valence-corrected chi connectivity index (χ3v) is 5.83. The Morgan fingerprint density at radius 1 is 1.30 bits per heavy atom. The van der Waals surface area contributed by atoms with Gasteiger partial charge in [0.1, 0.15) is 14.9 Å². The van der Waals surface area contributed by atoms with Gasteiger partial charge in [-0.2, -0.15) is 0 Å². The van der Waals surface area contributed by atoms with Gasteiger partial charge in [-0.3, -0.25) is 4.72 Å². The monoisotopic (exact) mass is 379 g/mol. The van der Waals surface area contributed by atoms with Crippen LogP contribution in [0.3, 0.4) is 0 Å². The molecule has 1 heterocycles. The Hall–Kier alpha value is -1.45. The number of hydrogen-bond acceptors (Lipinski definition) is 4. The van der Waals surface area contributed by atoms with Gasteiger partial charge < -0.3 is 5.11 Å². The topological polar surface area (TPSA) is 83.5 Å². The smallest absolute Gasteiger partial charge is 0.345 e. The lowest BCUT2D eigenvalue weighted by Crippen LogP contribution is -2.13. The second kappa shape index (κ2) is 5.51. The second-order valence-corrected chi connectivity index (χ2v) is 7.47. The summed E-state index contributed by atoms with van der Waals surface area (Å²) in [5.74, 6) is -1.96. The number of thiophene rings is 1. The van der Waals surface area contributed by atoms with Crippen molar-refractivity contribution < 1.29 is 22.7 Å². The summed E-state index contributed by atoms with van der Waals surface area (Å²) in [7, 11) is -4.04. The molecule has 0 aliphatic carbocycles. The van der Waals surface area contributed by atoms with Crippen LogP contribution in [0.25, 0.3) is 0 Å². The van der Waals surface area contributed by atoms with E-state index in [1.165, 1.54) is 18.2 Å². The van der Waals surface area contributed by atoms with Gasteiger partial charge in [0.05, 0.1) is 5.69 Å². The number of carboxylic acid groups (broad SMARTS) is 1. The van der Waals surface area contributed by atoms with Crippen molar-refractivity contribution >= 4 is 48.9 Å². The van der Waals surface area contributed by atoms with Gasteiger partial charge in [0.2, 0.25) is 0 Å². The Kier molecular flexibility index (Phi) is 4.11.